The van der Waals surface area contributed by atoms with Crippen LogP contribution in [0.1, 0.15) is 5.56 Å². The van der Waals surface area contributed by atoms with E-state index in [0.29, 0.717) is 17.4 Å². The van der Waals surface area contributed by atoms with Crippen molar-refractivity contribution in [1.82, 2.24) is 10.2 Å². The van der Waals surface area contributed by atoms with E-state index in [1.165, 1.54) is 0 Å². The van der Waals surface area contributed by atoms with Gasteiger partial charge in [0.2, 0.25) is 0 Å². The monoisotopic (exact) mass is 256 g/mol. The van der Waals surface area contributed by atoms with Gasteiger partial charge < -0.3 is 15.5 Å². The van der Waals surface area contributed by atoms with E-state index in [2.05, 4.69) is 16.7 Å². The molecule has 2 unspecified atom stereocenters. The van der Waals surface area contributed by atoms with E-state index in [-0.39, 0.29) is 6.03 Å². The molecule has 2 N–H and O–H groups in total. The molecule has 0 bridgehead atoms. The predicted molar refractivity (Wildman–Crippen MR) is 71.6 cm³/mol. The van der Waals surface area contributed by atoms with Gasteiger partial charge in [0.1, 0.15) is 0 Å². The van der Waals surface area contributed by atoms with Crippen LogP contribution >= 0.6 is 0 Å². The van der Waals surface area contributed by atoms with Crippen molar-refractivity contribution in [3.8, 4) is 6.07 Å². The van der Waals surface area contributed by atoms with Gasteiger partial charge in [-0.25, -0.2) is 4.79 Å². The van der Waals surface area contributed by atoms with Crippen molar-refractivity contribution in [2.75, 3.05) is 31.5 Å². The maximum atomic E-state index is 12.1. The molecule has 98 valence electrons. The van der Waals surface area contributed by atoms with Crippen molar-refractivity contribution in [3.05, 3.63) is 29.8 Å². The van der Waals surface area contributed by atoms with Crippen LogP contribution in [0.5, 0.6) is 0 Å². The van der Waals surface area contributed by atoms with Crippen molar-refractivity contribution in [2.45, 2.75) is 0 Å². The summed E-state index contributed by atoms with van der Waals surface area (Å²) < 4.78 is 0. The fourth-order valence-corrected chi connectivity index (χ4v) is 2.85. The molecule has 2 aliphatic heterocycles. The van der Waals surface area contributed by atoms with Gasteiger partial charge in [0.25, 0.3) is 0 Å². The van der Waals surface area contributed by atoms with Crippen LogP contribution in [0, 0.1) is 23.2 Å². The summed E-state index contributed by atoms with van der Waals surface area (Å²) in [5.41, 5.74) is 1.33. The standard InChI is InChI=1S/C14H16N4O/c15-5-10-1-3-13(4-2-10)17-14(19)18-8-11-6-16-7-12(11)9-18/h1-4,11-12,16H,6-9H2,(H,17,19). The predicted octanol–water partition coefficient (Wildman–Crippen LogP) is 1.24. The molecule has 2 heterocycles. The van der Waals surface area contributed by atoms with Crippen molar-refractivity contribution in [2.24, 2.45) is 11.8 Å². The minimum Gasteiger partial charge on any atom is -0.324 e. The normalized spacial score (nSPS) is 24.9. The van der Waals surface area contributed by atoms with E-state index in [9.17, 15) is 4.79 Å². The van der Waals surface area contributed by atoms with Crippen LogP contribution in [0.15, 0.2) is 24.3 Å². The highest BCUT2D eigenvalue weighted by atomic mass is 16.2. The van der Waals surface area contributed by atoms with Crippen LogP contribution in [0.4, 0.5) is 10.5 Å². The van der Waals surface area contributed by atoms with Crippen LogP contribution in [0.2, 0.25) is 0 Å². The molecule has 0 aromatic heterocycles. The number of benzene rings is 1. The molecule has 5 heteroatoms. The Kier molecular flexibility index (Phi) is 3.10. The molecule has 0 radical (unpaired) electrons. The first-order chi connectivity index (χ1) is 9.26. The smallest absolute Gasteiger partial charge is 0.321 e. The van der Waals surface area contributed by atoms with Crippen molar-refractivity contribution in [1.29, 1.82) is 5.26 Å². The summed E-state index contributed by atoms with van der Waals surface area (Å²) in [4.78, 5) is 14.0. The number of nitrogens with one attached hydrogen (secondary N) is 2. The first-order valence-corrected chi connectivity index (χ1v) is 6.53. The van der Waals surface area contributed by atoms with E-state index >= 15 is 0 Å². The van der Waals surface area contributed by atoms with E-state index in [1.807, 2.05) is 4.90 Å². The maximum Gasteiger partial charge on any atom is 0.321 e. The third-order valence-corrected chi connectivity index (χ3v) is 3.94. The number of carbonyl (C=O) groups is 1. The zero-order valence-electron chi connectivity index (χ0n) is 10.6. The Morgan fingerprint density at radius 1 is 1.26 bits per heavy atom. The molecule has 2 amide bonds. The molecular formula is C14H16N4O. The lowest BCUT2D eigenvalue weighted by Gasteiger charge is -2.18. The summed E-state index contributed by atoms with van der Waals surface area (Å²) in [5.74, 6) is 1.21. The summed E-state index contributed by atoms with van der Waals surface area (Å²) in [6.07, 6.45) is 0. The number of amides is 2. The van der Waals surface area contributed by atoms with E-state index in [4.69, 9.17) is 5.26 Å². The van der Waals surface area contributed by atoms with Crippen molar-refractivity contribution in [3.63, 3.8) is 0 Å². The molecule has 19 heavy (non-hydrogen) atoms. The van der Waals surface area contributed by atoms with Crippen molar-refractivity contribution >= 4 is 11.7 Å². The molecule has 2 aliphatic rings. The Hall–Kier alpha value is -2.06. The highest BCUT2D eigenvalue weighted by molar-refractivity contribution is 5.89. The number of hydrogen-bond acceptors (Lipinski definition) is 3. The second-order valence-electron chi connectivity index (χ2n) is 5.20. The SMILES string of the molecule is N#Cc1ccc(NC(=O)N2CC3CNCC3C2)cc1. The van der Waals surface area contributed by atoms with Gasteiger partial charge in [-0.1, -0.05) is 0 Å². The third kappa shape index (κ3) is 2.40. The van der Waals surface area contributed by atoms with Crippen LogP contribution in [0.3, 0.4) is 0 Å². The summed E-state index contributed by atoms with van der Waals surface area (Å²) in [6.45, 7) is 3.70. The highest BCUT2D eigenvalue weighted by Crippen LogP contribution is 2.26. The number of rotatable bonds is 1. The summed E-state index contributed by atoms with van der Waals surface area (Å²) in [6, 6.07) is 8.95. The first-order valence-electron chi connectivity index (χ1n) is 6.53. The number of anilines is 1. The van der Waals surface area contributed by atoms with Crippen molar-refractivity contribution < 1.29 is 4.79 Å². The van der Waals surface area contributed by atoms with Crippen LogP contribution in [-0.4, -0.2) is 37.1 Å². The number of hydrogen-bond donors (Lipinski definition) is 2. The quantitative estimate of drug-likeness (QED) is 0.794. The Labute approximate surface area is 112 Å². The average Bonchev–Trinajstić information content (AvgIpc) is 3.00. The van der Waals surface area contributed by atoms with Crippen LogP contribution in [-0.2, 0) is 0 Å². The number of likely N-dealkylation sites (tertiary alicyclic amines) is 1. The van der Waals surface area contributed by atoms with E-state index < -0.39 is 0 Å². The molecule has 0 spiro atoms. The van der Waals surface area contributed by atoms with E-state index in [1.54, 1.807) is 24.3 Å². The summed E-state index contributed by atoms with van der Waals surface area (Å²) in [5, 5.41) is 15.0. The van der Waals surface area contributed by atoms with Gasteiger partial charge in [-0.05, 0) is 36.1 Å². The minimum atomic E-state index is -0.0425. The summed E-state index contributed by atoms with van der Waals surface area (Å²) in [7, 11) is 0. The highest BCUT2D eigenvalue weighted by Gasteiger charge is 2.37. The largest absolute Gasteiger partial charge is 0.324 e. The average molecular weight is 256 g/mol. The van der Waals surface area contributed by atoms with Gasteiger partial charge in [-0.3, -0.25) is 0 Å². The molecular weight excluding hydrogens is 240 g/mol. The molecule has 0 saturated carbocycles. The molecule has 2 atom stereocenters. The Balaban J connectivity index is 1.60. The molecule has 1 aromatic rings. The second kappa shape index (κ2) is 4.90. The Morgan fingerprint density at radius 3 is 2.47 bits per heavy atom. The first kappa shape index (κ1) is 12.0. The molecule has 2 saturated heterocycles. The van der Waals surface area contributed by atoms with Crippen LogP contribution < -0.4 is 10.6 Å². The topological polar surface area (TPSA) is 68.2 Å². The lowest BCUT2D eigenvalue weighted by molar-refractivity contribution is 0.219. The number of nitrogens with zero attached hydrogens (tertiary/aromatic N) is 2. The lowest BCUT2D eigenvalue weighted by Crippen LogP contribution is -2.35. The van der Waals surface area contributed by atoms with E-state index in [0.717, 1.165) is 31.9 Å². The van der Waals surface area contributed by atoms with Gasteiger partial charge in [-0.2, -0.15) is 5.26 Å². The molecule has 3 rings (SSSR count). The second-order valence-corrected chi connectivity index (χ2v) is 5.20. The van der Waals surface area contributed by atoms with Gasteiger partial charge in [0, 0.05) is 31.9 Å². The Morgan fingerprint density at radius 2 is 1.89 bits per heavy atom. The number of fused-ring (bicyclic) bond motifs is 1. The maximum absolute atomic E-state index is 12.1. The molecule has 5 nitrogen and oxygen atoms in total. The van der Waals surface area contributed by atoms with Gasteiger partial charge >= 0.3 is 6.03 Å². The molecule has 0 aliphatic carbocycles. The number of nitriles is 1. The molecule has 2 fully saturated rings. The third-order valence-electron chi connectivity index (χ3n) is 3.94. The fraction of sp³-hybridized carbons (Fsp3) is 0.429. The van der Waals surface area contributed by atoms with Gasteiger partial charge in [0.05, 0.1) is 11.6 Å². The number of urea groups is 1. The number of carbonyl (C=O) groups excluding carboxylic acids is 1. The zero-order chi connectivity index (χ0) is 13.2. The van der Waals surface area contributed by atoms with Gasteiger partial charge in [0.15, 0.2) is 0 Å². The van der Waals surface area contributed by atoms with Crippen LogP contribution in [0.25, 0.3) is 0 Å². The lowest BCUT2D eigenvalue weighted by atomic mass is 10.0. The Bertz CT molecular complexity index is 507. The fourth-order valence-electron chi connectivity index (χ4n) is 2.85. The summed E-state index contributed by atoms with van der Waals surface area (Å²) >= 11 is 0. The zero-order valence-corrected chi connectivity index (χ0v) is 10.6. The van der Waals surface area contributed by atoms with Gasteiger partial charge in [-0.15, -0.1) is 0 Å². The molecule has 1 aromatic carbocycles. The minimum absolute atomic E-state index is 0.0425.